The van der Waals surface area contributed by atoms with Crippen LogP contribution >= 0.6 is 11.6 Å². The van der Waals surface area contributed by atoms with Crippen LogP contribution in [0.25, 0.3) is 33.5 Å². The minimum atomic E-state index is -0.644. The lowest BCUT2D eigenvalue weighted by Crippen LogP contribution is -2.43. The molecule has 9 nitrogen and oxygen atoms in total. The summed E-state index contributed by atoms with van der Waals surface area (Å²) in [4.78, 5) is 29.9. The number of fused-ring (bicyclic) bond motifs is 1. The molecule has 186 valence electrons. The summed E-state index contributed by atoms with van der Waals surface area (Å²) < 4.78 is 21.2. The Morgan fingerprint density at radius 1 is 1.11 bits per heavy atom. The van der Waals surface area contributed by atoms with Crippen molar-refractivity contribution in [2.24, 2.45) is 0 Å². The summed E-state index contributed by atoms with van der Waals surface area (Å²) in [5.74, 6) is 0.409. The lowest BCUT2D eigenvalue weighted by molar-refractivity contribution is 0.168. The van der Waals surface area contributed by atoms with Crippen LogP contribution in [-0.2, 0) is 0 Å². The number of hydrogen-bond acceptors (Lipinski definition) is 8. The highest BCUT2D eigenvalue weighted by Gasteiger charge is 2.22. The maximum Gasteiger partial charge on any atom is 0.293 e. The second-order valence-electron chi connectivity index (χ2n) is 8.23. The molecule has 0 bridgehead atoms. The number of pyridine rings is 1. The molecule has 1 fully saturated rings. The molecule has 0 amide bonds. The first kappa shape index (κ1) is 23.8. The van der Waals surface area contributed by atoms with Crippen LogP contribution in [-0.4, -0.2) is 55.1 Å². The summed E-state index contributed by atoms with van der Waals surface area (Å²) in [6.07, 6.45) is 0. The van der Waals surface area contributed by atoms with Gasteiger partial charge < -0.3 is 25.5 Å². The molecular formula is C25H24ClFN6O3. The van der Waals surface area contributed by atoms with Gasteiger partial charge in [0.1, 0.15) is 24.5 Å². The van der Waals surface area contributed by atoms with Gasteiger partial charge in [-0.25, -0.2) is 14.4 Å². The van der Waals surface area contributed by atoms with Gasteiger partial charge in [-0.1, -0.05) is 17.7 Å². The number of nitrogens with two attached hydrogens (primary N) is 1. The topological polar surface area (TPSA) is 108 Å². The third-order valence-corrected chi connectivity index (χ3v) is 6.48. The first-order valence-electron chi connectivity index (χ1n) is 11.3. The number of methoxy groups -OCH3 is 1. The Labute approximate surface area is 211 Å². The Hall–Kier alpha value is -3.89. The van der Waals surface area contributed by atoms with Crippen molar-refractivity contribution in [2.75, 3.05) is 51.0 Å². The number of rotatable bonds is 5. The van der Waals surface area contributed by atoms with E-state index in [2.05, 4.69) is 20.2 Å². The quantitative estimate of drug-likeness (QED) is 0.422. The predicted octanol–water partition coefficient (Wildman–Crippen LogP) is 2.98. The van der Waals surface area contributed by atoms with Gasteiger partial charge in [0.2, 0.25) is 0 Å². The molecule has 1 saturated heterocycles. The predicted molar refractivity (Wildman–Crippen MR) is 138 cm³/mol. The molecule has 11 heteroatoms. The van der Waals surface area contributed by atoms with E-state index >= 15 is 0 Å². The highest BCUT2D eigenvalue weighted by molar-refractivity contribution is 6.33. The smallest absolute Gasteiger partial charge is 0.293 e. The molecule has 3 heterocycles. The summed E-state index contributed by atoms with van der Waals surface area (Å²) in [7, 11) is 2.93. The van der Waals surface area contributed by atoms with Crippen LogP contribution in [0, 0.1) is 5.82 Å². The zero-order valence-corrected chi connectivity index (χ0v) is 20.5. The number of nitrogens with one attached hydrogen (secondary N) is 1. The molecule has 1 aliphatic heterocycles. The molecule has 2 aromatic heterocycles. The van der Waals surface area contributed by atoms with E-state index in [0.717, 1.165) is 36.6 Å². The monoisotopic (exact) mass is 510 g/mol. The van der Waals surface area contributed by atoms with Crippen LogP contribution in [0.2, 0.25) is 5.02 Å². The highest BCUT2D eigenvalue weighted by Crippen LogP contribution is 2.35. The first-order valence-corrected chi connectivity index (χ1v) is 11.7. The van der Waals surface area contributed by atoms with Crippen molar-refractivity contribution in [3.8, 4) is 28.3 Å². The summed E-state index contributed by atoms with van der Waals surface area (Å²) in [5, 5.41) is 3.74. The number of ether oxygens (including phenoxy) is 1. The standard InChI is InChI=1S/C25H24ClFN6O3/c1-35-20-12-14(6-7-19(20)32-10-8-29-9-11-32)23-30-22(28)16-13-15(21-17(26)4-3-5-18(21)27)25(34)33(36-2)24(16)31-23/h3-7,12-13,29H,8-11H2,1-2H3,(H2,28,30,31). The second kappa shape index (κ2) is 9.63. The van der Waals surface area contributed by atoms with Gasteiger partial charge in [-0.3, -0.25) is 4.79 Å². The van der Waals surface area contributed by atoms with E-state index in [1.165, 1.54) is 31.4 Å². The van der Waals surface area contributed by atoms with E-state index in [0.29, 0.717) is 16.7 Å². The van der Waals surface area contributed by atoms with Crippen molar-refractivity contribution in [1.82, 2.24) is 20.0 Å². The number of benzene rings is 2. The first-order chi connectivity index (χ1) is 17.4. The SMILES string of the molecule is COc1cc(-c2nc(N)c3cc(-c4c(F)cccc4Cl)c(=O)n(OC)c3n2)ccc1N1CCNCC1. The zero-order chi connectivity index (χ0) is 25.4. The van der Waals surface area contributed by atoms with E-state index in [-0.39, 0.29) is 33.4 Å². The zero-order valence-electron chi connectivity index (χ0n) is 19.7. The van der Waals surface area contributed by atoms with E-state index in [1.807, 2.05) is 18.2 Å². The number of aromatic nitrogens is 3. The molecule has 36 heavy (non-hydrogen) atoms. The maximum absolute atomic E-state index is 14.6. The maximum atomic E-state index is 14.6. The Balaban J connectivity index is 1.66. The third kappa shape index (κ3) is 4.08. The van der Waals surface area contributed by atoms with Gasteiger partial charge in [-0.15, -0.1) is 4.73 Å². The Kier molecular flexibility index (Phi) is 6.38. The second-order valence-corrected chi connectivity index (χ2v) is 8.64. The molecule has 2 aromatic carbocycles. The summed E-state index contributed by atoms with van der Waals surface area (Å²) in [6.45, 7) is 3.51. The van der Waals surface area contributed by atoms with Crippen LogP contribution < -0.4 is 31.1 Å². The molecule has 5 rings (SSSR count). The molecule has 0 spiro atoms. The summed E-state index contributed by atoms with van der Waals surface area (Å²) in [6, 6.07) is 11.3. The van der Waals surface area contributed by atoms with Gasteiger partial charge in [-0.2, -0.15) is 0 Å². The van der Waals surface area contributed by atoms with Crippen LogP contribution in [0.5, 0.6) is 5.75 Å². The normalized spacial score (nSPS) is 13.7. The fourth-order valence-electron chi connectivity index (χ4n) is 4.40. The summed E-state index contributed by atoms with van der Waals surface area (Å²) in [5.41, 5.74) is 7.38. The van der Waals surface area contributed by atoms with Crippen LogP contribution in [0.4, 0.5) is 15.9 Å². The number of piperazine rings is 1. The average Bonchev–Trinajstić information content (AvgIpc) is 2.89. The van der Waals surface area contributed by atoms with Crippen LogP contribution in [0.1, 0.15) is 0 Å². The number of halogens is 2. The average molecular weight is 511 g/mol. The van der Waals surface area contributed by atoms with Gasteiger partial charge in [0.15, 0.2) is 11.5 Å². The third-order valence-electron chi connectivity index (χ3n) is 6.16. The van der Waals surface area contributed by atoms with Crippen molar-refractivity contribution in [3.05, 3.63) is 63.7 Å². The van der Waals surface area contributed by atoms with Gasteiger partial charge >= 0.3 is 0 Å². The van der Waals surface area contributed by atoms with Gasteiger partial charge in [0.25, 0.3) is 5.56 Å². The fraction of sp³-hybridized carbons (Fsp3) is 0.240. The Bertz CT molecular complexity index is 1500. The van der Waals surface area contributed by atoms with E-state index in [9.17, 15) is 9.18 Å². The van der Waals surface area contributed by atoms with Crippen molar-refractivity contribution < 1.29 is 14.0 Å². The van der Waals surface area contributed by atoms with Crippen LogP contribution in [0.15, 0.2) is 47.3 Å². The van der Waals surface area contributed by atoms with Crippen molar-refractivity contribution in [3.63, 3.8) is 0 Å². The van der Waals surface area contributed by atoms with Crippen molar-refractivity contribution >= 4 is 34.1 Å². The lowest BCUT2D eigenvalue weighted by atomic mass is 10.1. The molecule has 1 aliphatic rings. The highest BCUT2D eigenvalue weighted by atomic mass is 35.5. The summed E-state index contributed by atoms with van der Waals surface area (Å²) >= 11 is 6.21. The van der Waals surface area contributed by atoms with E-state index < -0.39 is 11.4 Å². The van der Waals surface area contributed by atoms with Crippen LogP contribution in [0.3, 0.4) is 0 Å². The lowest BCUT2D eigenvalue weighted by Gasteiger charge is -2.30. The number of nitrogens with zero attached hydrogens (tertiary/aromatic N) is 4. The number of hydrogen-bond donors (Lipinski definition) is 2. The van der Waals surface area contributed by atoms with Gasteiger partial charge in [-0.05, 0) is 36.4 Å². The van der Waals surface area contributed by atoms with E-state index in [1.54, 1.807) is 7.11 Å². The molecule has 0 saturated carbocycles. The van der Waals surface area contributed by atoms with Crippen molar-refractivity contribution in [2.45, 2.75) is 0 Å². The minimum absolute atomic E-state index is 0.0162. The van der Waals surface area contributed by atoms with Crippen molar-refractivity contribution in [1.29, 1.82) is 0 Å². The molecule has 3 N–H and O–H groups in total. The largest absolute Gasteiger partial charge is 0.495 e. The molecule has 0 radical (unpaired) electrons. The van der Waals surface area contributed by atoms with Gasteiger partial charge in [0, 0.05) is 37.3 Å². The Morgan fingerprint density at radius 3 is 2.58 bits per heavy atom. The fourth-order valence-corrected chi connectivity index (χ4v) is 4.66. The number of nitrogen functional groups attached to an aromatic ring is 1. The minimum Gasteiger partial charge on any atom is -0.495 e. The number of anilines is 2. The molecular weight excluding hydrogens is 487 g/mol. The molecule has 0 unspecified atom stereocenters. The molecule has 4 aromatic rings. The molecule has 0 atom stereocenters. The van der Waals surface area contributed by atoms with Gasteiger partial charge in [0.05, 0.1) is 28.8 Å². The molecule has 0 aliphatic carbocycles. The van der Waals surface area contributed by atoms with E-state index in [4.69, 9.17) is 26.9 Å². The Morgan fingerprint density at radius 2 is 1.89 bits per heavy atom.